The molecule has 2 aromatic rings. The van der Waals surface area contributed by atoms with Gasteiger partial charge >= 0.3 is 11.9 Å². The molecular weight excluding hydrogens is 486 g/mol. The number of ketones is 1. The molecule has 2 rings (SSSR count). The Morgan fingerprint density at radius 3 is 2.31 bits per heavy atom. The Labute approximate surface area is 217 Å². The Hall–Kier alpha value is -3.13. The van der Waals surface area contributed by atoms with E-state index < -0.39 is 41.3 Å². The smallest absolute Gasteiger partial charge is 0.309 e. The molecule has 1 aromatic carbocycles. The van der Waals surface area contributed by atoms with Crippen molar-refractivity contribution in [3.63, 3.8) is 0 Å². The van der Waals surface area contributed by atoms with Crippen molar-refractivity contribution in [2.24, 2.45) is 11.3 Å². The molecular formula is C27H34ClNO7. The van der Waals surface area contributed by atoms with Crippen LogP contribution < -0.4 is 14.2 Å². The van der Waals surface area contributed by atoms with Gasteiger partial charge in [-0.3, -0.25) is 14.4 Å². The second-order valence-electron chi connectivity index (χ2n) is 9.79. The second-order valence-corrected chi connectivity index (χ2v) is 10.2. The molecule has 0 aliphatic carbocycles. The van der Waals surface area contributed by atoms with Crippen molar-refractivity contribution in [3.8, 4) is 17.2 Å². The molecule has 0 N–H and O–H groups in total. The number of halogens is 1. The zero-order valence-electron chi connectivity index (χ0n) is 22.0. The minimum atomic E-state index is -0.790. The van der Waals surface area contributed by atoms with Crippen LogP contribution in [0.3, 0.4) is 0 Å². The maximum Gasteiger partial charge on any atom is 0.309 e. The average molecular weight is 520 g/mol. The molecule has 8 nitrogen and oxygen atoms in total. The number of aromatic nitrogens is 1. The zero-order chi connectivity index (χ0) is 27.2. The molecule has 36 heavy (non-hydrogen) atoms. The number of hydrogen-bond acceptors (Lipinski definition) is 8. The van der Waals surface area contributed by atoms with Crippen molar-refractivity contribution in [3.05, 3.63) is 46.7 Å². The van der Waals surface area contributed by atoms with Crippen LogP contribution in [-0.4, -0.2) is 42.0 Å². The van der Waals surface area contributed by atoms with Crippen LogP contribution in [0, 0.1) is 18.3 Å². The van der Waals surface area contributed by atoms with Gasteiger partial charge in [-0.05, 0) is 31.5 Å². The maximum atomic E-state index is 13.0. The van der Waals surface area contributed by atoms with Gasteiger partial charge in [0.2, 0.25) is 5.75 Å². The van der Waals surface area contributed by atoms with Crippen LogP contribution in [0.5, 0.6) is 17.2 Å². The van der Waals surface area contributed by atoms with E-state index in [4.69, 9.17) is 30.5 Å². The summed E-state index contributed by atoms with van der Waals surface area (Å²) < 4.78 is 22.2. The number of Topliss-reactive ketones (excluding diaryl/α,β-unsaturated/α-hetero) is 1. The van der Waals surface area contributed by atoms with Crippen LogP contribution >= 0.6 is 11.6 Å². The molecule has 0 aliphatic heterocycles. The fourth-order valence-electron chi connectivity index (χ4n) is 3.67. The number of hydrogen-bond donors (Lipinski definition) is 0. The van der Waals surface area contributed by atoms with Crippen molar-refractivity contribution < 1.29 is 33.3 Å². The first-order valence-corrected chi connectivity index (χ1v) is 12.0. The first kappa shape index (κ1) is 29.1. The predicted octanol–water partition coefficient (Wildman–Crippen LogP) is 5.61. The van der Waals surface area contributed by atoms with Crippen LogP contribution in [0.2, 0.25) is 5.02 Å². The summed E-state index contributed by atoms with van der Waals surface area (Å²) in [5, 5.41) is 0.469. The third kappa shape index (κ3) is 7.68. The predicted molar refractivity (Wildman–Crippen MR) is 136 cm³/mol. The van der Waals surface area contributed by atoms with Gasteiger partial charge in [-0.2, -0.15) is 0 Å². The average Bonchev–Trinajstić information content (AvgIpc) is 2.77. The summed E-state index contributed by atoms with van der Waals surface area (Å²) in [6.07, 6.45) is 0.00955. The highest BCUT2D eigenvalue weighted by Crippen LogP contribution is 2.34. The molecule has 1 heterocycles. The lowest BCUT2D eigenvalue weighted by Gasteiger charge is -2.35. The van der Waals surface area contributed by atoms with Crippen molar-refractivity contribution in [1.29, 1.82) is 0 Å². The number of carbonyl (C=O) groups is 3. The third-order valence-electron chi connectivity index (χ3n) is 5.42. The number of benzene rings is 1. The number of nitrogens with zero attached hydrogens (tertiary/aromatic N) is 1. The lowest BCUT2D eigenvalue weighted by atomic mass is 9.86. The van der Waals surface area contributed by atoms with Crippen LogP contribution in [0.15, 0.2) is 30.5 Å². The van der Waals surface area contributed by atoms with Crippen molar-refractivity contribution in [2.45, 2.75) is 67.1 Å². The Balaban J connectivity index is 2.15. The summed E-state index contributed by atoms with van der Waals surface area (Å²) in [6.45, 7) is 12.4. The Bertz CT molecular complexity index is 1110. The molecule has 0 saturated carbocycles. The first-order valence-electron chi connectivity index (χ1n) is 11.6. The minimum absolute atomic E-state index is 0.0809. The van der Waals surface area contributed by atoms with Gasteiger partial charge in [0.05, 0.1) is 18.1 Å². The molecule has 0 saturated heterocycles. The molecule has 0 spiro atoms. The van der Waals surface area contributed by atoms with Gasteiger partial charge in [-0.1, -0.05) is 45.4 Å². The molecule has 196 valence electrons. The minimum Gasteiger partial charge on any atom is -0.493 e. The molecule has 0 bridgehead atoms. The molecule has 0 amide bonds. The quantitative estimate of drug-likeness (QED) is 0.295. The summed E-state index contributed by atoms with van der Waals surface area (Å²) in [6, 6.07) is 6.95. The highest BCUT2D eigenvalue weighted by Gasteiger charge is 2.36. The van der Waals surface area contributed by atoms with Gasteiger partial charge in [0.25, 0.3) is 0 Å². The van der Waals surface area contributed by atoms with Crippen LogP contribution in [0.1, 0.15) is 64.0 Å². The molecule has 0 unspecified atom stereocenters. The van der Waals surface area contributed by atoms with E-state index in [1.165, 1.54) is 26.3 Å². The molecule has 3 atom stereocenters. The van der Waals surface area contributed by atoms with E-state index in [2.05, 4.69) is 4.98 Å². The zero-order valence-corrected chi connectivity index (χ0v) is 22.8. The van der Waals surface area contributed by atoms with Crippen LogP contribution in [0.25, 0.3) is 0 Å². The largest absolute Gasteiger partial charge is 0.493 e. The molecule has 0 fully saturated rings. The number of pyridine rings is 1. The number of ether oxygens (including phenoxy) is 4. The van der Waals surface area contributed by atoms with E-state index >= 15 is 0 Å². The number of aryl methyl sites for hydroxylation is 1. The van der Waals surface area contributed by atoms with Crippen molar-refractivity contribution >= 4 is 29.3 Å². The summed E-state index contributed by atoms with van der Waals surface area (Å²) in [4.78, 5) is 41.4. The van der Waals surface area contributed by atoms with Gasteiger partial charge in [-0.15, -0.1) is 0 Å². The number of methoxy groups -OCH3 is 1. The van der Waals surface area contributed by atoms with E-state index in [1.807, 2.05) is 33.8 Å². The molecule has 0 aliphatic rings. The van der Waals surface area contributed by atoms with Gasteiger partial charge in [-0.25, -0.2) is 4.98 Å². The monoisotopic (exact) mass is 519 g/mol. The number of rotatable bonds is 10. The van der Waals surface area contributed by atoms with Gasteiger partial charge in [0.1, 0.15) is 18.0 Å². The van der Waals surface area contributed by atoms with E-state index in [0.717, 1.165) is 5.56 Å². The van der Waals surface area contributed by atoms with E-state index in [0.29, 0.717) is 10.8 Å². The lowest BCUT2D eigenvalue weighted by Crippen LogP contribution is -2.44. The van der Waals surface area contributed by atoms with E-state index in [9.17, 15) is 14.4 Å². The summed E-state index contributed by atoms with van der Waals surface area (Å²) in [5.41, 5.74) is 0.512. The van der Waals surface area contributed by atoms with E-state index in [1.54, 1.807) is 26.0 Å². The Morgan fingerprint density at radius 2 is 1.75 bits per heavy atom. The van der Waals surface area contributed by atoms with Crippen molar-refractivity contribution in [1.82, 2.24) is 4.98 Å². The highest BCUT2D eigenvalue weighted by molar-refractivity contribution is 6.32. The van der Waals surface area contributed by atoms with Crippen molar-refractivity contribution in [2.75, 3.05) is 7.11 Å². The number of esters is 2. The van der Waals surface area contributed by atoms with Gasteiger partial charge in [0, 0.05) is 31.0 Å². The highest BCUT2D eigenvalue weighted by atomic mass is 35.5. The van der Waals surface area contributed by atoms with Crippen LogP contribution in [0.4, 0.5) is 0 Å². The Kier molecular flexibility index (Phi) is 9.87. The summed E-state index contributed by atoms with van der Waals surface area (Å²) >= 11 is 6.35. The topological polar surface area (TPSA) is 101 Å². The fraction of sp³-hybridized carbons (Fsp3) is 0.481. The lowest BCUT2D eigenvalue weighted by molar-refractivity contribution is -0.160. The SMILES string of the molecule is COc1ccnc(C(=O)C[C@@H](C)C(=O)O[C@@H](C)[C@H](Oc2ccc(C)cc2Cl)C(C)(C)C)c1OC(C)=O. The summed E-state index contributed by atoms with van der Waals surface area (Å²) in [7, 11) is 1.38. The molecule has 0 radical (unpaired) electrons. The normalized spacial score (nSPS) is 13.8. The van der Waals surface area contributed by atoms with E-state index in [-0.39, 0.29) is 23.6 Å². The summed E-state index contributed by atoms with van der Waals surface area (Å²) in [5.74, 6) is -1.87. The first-order chi connectivity index (χ1) is 16.7. The second kappa shape index (κ2) is 12.2. The maximum absolute atomic E-state index is 13.0. The Morgan fingerprint density at radius 1 is 1.08 bits per heavy atom. The number of carbonyl (C=O) groups excluding carboxylic acids is 3. The third-order valence-corrected chi connectivity index (χ3v) is 5.71. The fourth-order valence-corrected chi connectivity index (χ4v) is 3.95. The van der Waals surface area contributed by atoms with Gasteiger partial charge in [0.15, 0.2) is 17.2 Å². The molecule has 1 aromatic heterocycles. The molecule has 9 heteroatoms. The van der Waals surface area contributed by atoms with Crippen LogP contribution in [-0.2, 0) is 14.3 Å². The van der Waals surface area contributed by atoms with Gasteiger partial charge < -0.3 is 18.9 Å². The standard InChI is InChI=1S/C27H34ClNO7/c1-15-9-10-21(19(28)13-15)36-25(27(5,6)7)17(3)34-26(32)16(2)14-20(31)23-24(35-18(4)30)22(33-8)11-12-29-23/h9-13,16-17,25H,14H2,1-8H3/t16-,17+,25+/m1/s1.